The quantitative estimate of drug-likeness (QED) is 0.0633. The molecule has 6 nitrogen and oxygen atoms in total. The topological polar surface area (TPSA) is 110 Å². The fraction of sp³-hybridized carbons (Fsp3) is 0.903. The number of rotatable bonds is 27. The Morgan fingerprint density at radius 3 is 1.62 bits per heavy atom. The van der Waals surface area contributed by atoms with Gasteiger partial charge in [-0.3, -0.25) is 4.79 Å². The number of aliphatic hydroxyl groups excluding tert-OH is 4. The molecule has 4 unspecified atom stereocenters. The SMILES string of the molecule is CCCCCCCC/C=C/CCCC(O)C(O)C(CO)NC(=O)C(O)CCCCCCCCCCCC. The Bertz CT molecular complexity index is 528. The van der Waals surface area contributed by atoms with Crippen molar-refractivity contribution in [3.8, 4) is 0 Å². The molecular formula is C31H61NO5. The summed E-state index contributed by atoms with van der Waals surface area (Å²) in [7, 11) is 0. The summed E-state index contributed by atoms with van der Waals surface area (Å²) in [5, 5.41) is 43.0. The van der Waals surface area contributed by atoms with Crippen LogP contribution in [0, 0.1) is 0 Å². The van der Waals surface area contributed by atoms with Gasteiger partial charge in [-0.15, -0.1) is 0 Å². The van der Waals surface area contributed by atoms with Crippen LogP contribution in [0.15, 0.2) is 12.2 Å². The van der Waals surface area contributed by atoms with Crippen LogP contribution in [0.1, 0.15) is 149 Å². The molecule has 0 aliphatic rings. The number of unbranched alkanes of at least 4 members (excludes halogenated alkanes) is 16. The summed E-state index contributed by atoms with van der Waals surface area (Å²) in [5.74, 6) is -0.598. The maximum absolute atomic E-state index is 12.3. The van der Waals surface area contributed by atoms with Crippen LogP contribution in [0.2, 0.25) is 0 Å². The fourth-order valence-corrected chi connectivity index (χ4v) is 4.64. The Balaban J connectivity index is 3.96. The lowest BCUT2D eigenvalue weighted by atomic mass is 10.00. The van der Waals surface area contributed by atoms with Gasteiger partial charge in [-0.25, -0.2) is 0 Å². The van der Waals surface area contributed by atoms with Crippen molar-refractivity contribution in [2.24, 2.45) is 0 Å². The highest BCUT2D eigenvalue weighted by Gasteiger charge is 2.28. The van der Waals surface area contributed by atoms with E-state index in [-0.39, 0.29) is 0 Å². The van der Waals surface area contributed by atoms with Gasteiger partial charge in [-0.1, -0.05) is 122 Å². The summed E-state index contributed by atoms with van der Waals surface area (Å²) in [6.45, 7) is 3.96. The first-order chi connectivity index (χ1) is 18.0. The molecule has 0 heterocycles. The van der Waals surface area contributed by atoms with E-state index >= 15 is 0 Å². The predicted molar refractivity (Wildman–Crippen MR) is 154 cm³/mol. The van der Waals surface area contributed by atoms with Crippen LogP contribution in [-0.2, 0) is 4.79 Å². The van der Waals surface area contributed by atoms with E-state index in [1.54, 1.807) is 0 Å². The monoisotopic (exact) mass is 527 g/mol. The lowest BCUT2D eigenvalue weighted by Gasteiger charge is -2.27. The summed E-state index contributed by atoms with van der Waals surface area (Å²) in [4.78, 5) is 12.3. The van der Waals surface area contributed by atoms with E-state index in [9.17, 15) is 25.2 Å². The molecule has 0 radical (unpaired) electrons. The minimum absolute atomic E-state index is 0.365. The third-order valence-corrected chi connectivity index (χ3v) is 7.23. The van der Waals surface area contributed by atoms with Gasteiger partial charge in [0.15, 0.2) is 0 Å². The second kappa shape index (κ2) is 26.6. The molecule has 0 rings (SSSR count). The van der Waals surface area contributed by atoms with Gasteiger partial charge in [0.25, 0.3) is 0 Å². The Labute approximate surface area is 228 Å². The van der Waals surface area contributed by atoms with Crippen molar-refractivity contribution >= 4 is 5.91 Å². The summed E-state index contributed by atoms with van der Waals surface area (Å²) in [5.41, 5.74) is 0. The number of allylic oxidation sites excluding steroid dienone is 2. The van der Waals surface area contributed by atoms with E-state index in [2.05, 4.69) is 31.3 Å². The average molecular weight is 528 g/mol. The molecule has 37 heavy (non-hydrogen) atoms. The van der Waals surface area contributed by atoms with E-state index < -0.39 is 36.9 Å². The molecule has 0 spiro atoms. The smallest absolute Gasteiger partial charge is 0.249 e. The number of carbonyl (C=O) groups excluding carboxylic acids is 1. The molecule has 0 aromatic carbocycles. The first-order valence-electron chi connectivity index (χ1n) is 15.6. The van der Waals surface area contributed by atoms with E-state index in [0.717, 1.165) is 38.5 Å². The van der Waals surface area contributed by atoms with Crippen molar-refractivity contribution in [1.29, 1.82) is 0 Å². The number of hydrogen-bond acceptors (Lipinski definition) is 5. The number of aliphatic hydroxyl groups is 4. The first-order valence-corrected chi connectivity index (χ1v) is 15.6. The summed E-state index contributed by atoms with van der Waals surface area (Å²) in [6.07, 6.45) is 23.8. The highest BCUT2D eigenvalue weighted by molar-refractivity contribution is 5.80. The van der Waals surface area contributed by atoms with Gasteiger partial charge in [-0.2, -0.15) is 0 Å². The molecule has 220 valence electrons. The van der Waals surface area contributed by atoms with E-state index in [0.29, 0.717) is 12.8 Å². The molecule has 0 aliphatic heterocycles. The number of hydrogen-bond donors (Lipinski definition) is 5. The maximum Gasteiger partial charge on any atom is 0.249 e. The van der Waals surface area contributed by atoms with Gasteiger partial charge in [0.1, 0.15) is 12.2 Å². The number of amides is 1. The normalized spacial score (nSPS) is 15.1. The molecule has 0 aromatic rings. The minimum Gasteiger partial charge on any atom is -0.394 e. The highest BCUT2D eigenvalue weighted by atomic mass is 16.3. The zero-order chi connectivity index (χ0) is 27.6. The summed E-state index contributed by atoms with van der Waals surface area (Å²) >= 11 is 0. The van der Waals surface area contributed by atoms with Gasteiger partial charge in [0, 0.05) is 0 Å². The molecule has 0 saturated heterocycles. The number of nitrogens with one attached hydrogen (secondary N) is 1. The second-order valence-electron chi connectivity index (χ2n) is 10.8. The fourth-order valence-electron chi connectivity index (χ4n) is 4.64. The van der Waals surface area contributed by atoms with E-state index in [1.807, 2.05) is 0 Å². The van der Waals surface area contributed by atoms with Crippen molar-refractivity contribution < 1.29 is 25.2 Å². The lowest BCUT2D eigenvalue weighted by Crippen LogP contribution is -2.53. The number of carbonyl (C=O) groups is 1. The van der Waals surface area contributed by atoms with Crippen molar-refractivity contribution in [2.75, 3.05) is 6.61 Å². The molecule has 0 aromatic heterocycles. The van der Waals surface area contributed by atoms with Crippen molar-refractivity contribution in [2.45, 2.75) is 173 Å². The Hall–Kier alpha value is -0.950. The molecule has 0 aliphatic carbocycles. The van der Waals surface area contributed by atoms with Crippen molar-refractivity contribution in [1.82, 2.24) is 5.32 Å². The van der Waals surface area contributed by atoms with Crippen LogP contribution >= 0.6 is 0 Å². The van der Waals surface area contributed by atoms with E-state index in [1.165, 1.54) is 83.5 Å². The molecule has 4 atom stereocenters. The Morgan fingerprint density at radius 2 is 1.11 bits per heavy atom. The Morgan fingerprint density at radius 1 is 0.649 bits per heavy atom. The minimum atomic E-state index is -1.27. The van der Waals surface area contributed by atoms with Gasteiger partial charge >= 0.3 is 0 Å². The van der Waals surface area contributed by atoms with Gasteiger partial charge in [0.05, 0.1) is 18.8 Å². The molecule has 1 amide bonds. The molecule has 0 bridgehead atoms. The largest absolute Gasteiger partial charge is 0.394 e. The van der Waals surface area contributed by atoms with Gasteiger partial charge in [0.2, 0.25) is 5.91 Å². The average Bonchev–Trinajstić information content (AvgIpc) is 2.90. The highest BCUT2D eigenvalue weighted by Crippen LogP contribution is 2.14. The van der Waals surface area contributed by atoms with Crippen molar-refractivity contribution in [3.63, 3.8) is 0 Å². The zero-order valence-corrected chi connectivity index (χ0v) is 24.2. The standard InChI is InChI=1S/C31H61NO5/c1-3-5-7-9-11-13-15-17-18-20-22-24-28(34)30(36)27(26-33)32-31(37)29(35)25-23-21-19-16-14-12-10-8-6-4-2/h17-18,27-30,33-36H,3-16,19-26H2,1-2H3,(H,32,37)/b18-17+. The van der Waals surface area contributed by atoms with Crippen molar-refractivity contribution in [3.05, 3.63) is 12.2 Å². The van der Waals surface area contributed by atoms with E-state index in [4.69, 9.17) is 0 Å². The van der Waals surface area contributed by atoms with Crippen LogP contribution in [0.4, 0.5) is 0 Å². The van der Waals surface area contributed by atoms with Crippen LogP contribution in [0.25, 0.3) is 0 Å². The molecule has 0 fully saturated rings. The lowest BCUT2D eigenvalue weighted by molar-refractivity contribution is -0.132. The maximum atomic E-state index is 12.3. The van der Waals surface area contributed by atoms with Crippen LogP contribution in [0.5, 0.6) is 0 Å². The predicted octanol–water partition coefficient (Wildman–Crippen LogP) is 6.33. The molecular weight excluding hydrogens is 466 g/mol. The van der Waals surface area contributed by atoms with Crippen LogP contribution in [-0.4, -0.2) is 57.3 Å². The second-order valence-corrected chi connectivity index (χ2v) is 10.8. The van der Waals surface area contributed by atoms with Gasteiger partial charge in [-0.05, 0) is 38.5 Å². The molecule has 0 saturated carbocycles. The summed E-state index contributed by atoms with van der Waals surface area (Å²) in [6, 6.07) is -0.992. The van der Waals surface area contributed by atoms with Crippen LogP contribution < -0.4 is 5.32 Å². The first kappa shape index (κ1) is 36.0. The summed E-state index contributed by atoms with van der Waals surface area (Å²) < 4.78 is 0. The molecule has 5 N–H and O–H groups in total. The van der Waals surface area contributed by atoms with Gasteiger partial charge < -0.3 is 25.7 Å². The third-order valence-electron chi connectivity index (χ3n) is 7.23. The van der Waals surface area contributed by atoms with Crippen LogP contribution in [0.3, 0.4) is 0 Å². The zero-order valence-electron chi connectivity index (χ0n) is 24.2. The molecule has 6 heteroatoms. The Kier molecular flexibility index (Phi) is 26.0. The third kappa shape index (κ3) is 21.7.